The van der Waals surface area contributed by atoms with E-state index >= 15 is 0 Å². The van der Waals surface area contributed by atoms with Crippen molar-refractivity contribution in [2.45, 2.75) is 39.3 Å². The summed E-state index contributed by atoms with van der Waals surface area (Å²) in [6.07, 6.45) is 1.39. The Morgan fingerprint density at radius 3 is 2.35 bits per heavy atom. The molecule has 1 aromatic heterocycles. The predicted molar refractivity (Wildman–Crippen MR) is 98.8 cm³/mol. The van der Waals surface area contributed by atoms with E-state index in [1.165, 1.54) is 0 Å². The molecule has 140 valence electrons. The van der Waals surface area contributed by atoms with Gasteiger partial charge in [-0.3, -0.25) is 4.79 Å². The van der Waals surface area contributed by atoms with E-state index in [-0.39, 0.29) is 18.0 Å². The zero-order chi connectivity index (χ0) is 18.9. The van der Waals surface area contributed by atoms with E-state index in [1.807, 2.05) is 56.5 Å². The number of fused-ring (bicyclic) bond motifs is 1. The summed E-state index contributed by atoms with van der Waals surface area (Å²) in [6, 6.07) is 7.43. The molecule has 2 heterocycles. The van der Waals surface area contributed by atoms with Crippen molar-refractivity contribution in [2.24, 2.45) is 0 Å². The molecule has 1 saturated heterocycles. The van der Waals surface area contributed by atoms with E-state index in [2.05, 4.69) is 4.98 Å². The van der Waals surface area contributed by atoms with Gasteiger partial charge in [0.25, 0.3) is 0 Å². The molecule has 1 atom stereocenters. The van der Waals surface area contributed by atoms with Gasteiger partial charge in [0.2, 0.25) is 5.91 Å². The lowest BCUT2D eigenvalue weighted by atomic mass is 10.2. The van der Waals surface area contributed by atoms with E-state index in [0.717, 1.165) is 11.0 Å². The first-order valence-corrected chi connectivity index (χ1v) is 8.94. The summed E-state index contributed by atoms with van der Waals surface area (Å²) < 4.78 is 7.30. The van der Waals surface area contributed by atoms with Gasteiger partial charge in [-0.15, -0.1) is 0 Å². The number of nitrogens with zero attached hydrogens (tertiary/aromatic N) is 4. The molecule has 1 fully saturated rings. The van der Waals surface area contributed by atoms with E-state index in [0.29, 0.717) is 26.2 Å². The number of rotatable bonds is 2. The zero-order valence-electron chi connectivity index (χ0n) is 15.8. The molecule has 7 heteroatoms. The third-order valence-corrected chi connectivity index (χ3v) is 4.50. The summed E-state index contributed by atoms with van der Waals surface area (Å²) in [7, 11) is 0. The van der Waals surface area contributed by atoms with Gasteiger partial charge >= 0.3 is 6.09 Å². The van der Waals surface area contributed by atoms with Crippen LogP contribution in [0.1, 0.15) is 33.7 Å². The molecule has 2 amide bonds. The normalized spacial score (nSPS) is 16.6. The average Bonchev–Trinajstić information content (AvgIpc) is 3.03. The van der Waals surface area contributed by atoms with Crippen LogP contribution in [0.25, 0.3) is 11.0 Å². The molecule has 2 aromatic rings. The Hall–Kier alpha value is -2.57. The van der Waals surface area contributed by atoms with Gasteiger partial charge in [-0.1, -0.05) is 12.1 Å². The molecule has 1 aliphatic rings. The van der Waals surface area contributed by atoms with Crippen LogP contribution in [0, 0.1) is 0 Å². The monoisotopic (exact) mass is 358 g/mol. The van der Waals surface area contributed by atoms with Crippen LogP contribution in [-0.4, -0.2) is 63.1 Å². The van der Waals surface area contributed by atoms with E-state index < -0.39 is 5.60 Å². The number of para-hydroxylation sites is 2. The van der Waals surface area contributed by atoms with Crippen LogP contribution in [0.2, 0.25) is 0 Å². The van der Waals surface area contributed by atoms with Gasteiger partial charge in [-0.05, 0) is 39.8 Å². The quantitative estimate of drug-likeness (QED) is 0.828. The van der Waals surface area contributed by atoms with Crippen LogP contribution < -0.4 is 0 Å². The zero-order valence-corrected chi connectivity index (χ0v) is 15.8. The maximum Gasteiger partial charge on any atom is 0.410 e. The van der Waals surface area contributed by atoms with Gasteiger partial charge in [0.05, 0.1) is 17.4 Å². The van der Waals surface area contributed by atoms with Gasteiger partial charge in [0, 0.05) is 26.2 Å². The van der Waals surface area contributed by atoms with Crippen molar-refractivity contribution in [2.75, 3.05) is 26.2 Å². The number of imidazole rings is 1. The number of carbonyl (C=O) groups excluding carboxylic acids is 2. The highest BCUT2D eigenvalue weighted by atomic mass is 16.6. The molecular formula is C19H26N4O3. The lowest BCUT2D eigenvalue weighted by molar-refractivity contribution is -0.136. The molecule has 1 aromatic carbocycles. The van der Waals surface area contributed by atoms with Crippen LogP contribution >= 0.6 is 0 Å². The summed E-state index contributed by atoms with van der Waals surface area (Å²) in [4.78, 5) is 32.9. The maximum atomic E-state index is 12.9. The highest BCUT2D eigenvalue weighted by Gasteiger charge is 2.30. The van der Waals surface area contributed by atoms with Crippen LogP contribution in [0.3, 0.4) is 0 Å². The Bertz CT molecular complexity index is 800. The van der Waals surface area contributed by atoms with Gasteiger partial charge in [-0.25, -0.2) is 9.78 Å². The van der Waals surface area contributed by atoms with Gasteiger partial charge in [0.1, 0.15) is 11.6 Å². The molecule has 26 heavy (non-hydrogen) atoms. The number of hydrogen-bond donors (Lipinski definition) is 0. The van der Waals surface area contributed by atoms with Crippen LogP contribution in [0.4, 0.5) is 4.79 Å². The molecule has 1 aliphatic heterocycles. The van der Waals surface area contributed by atoms with Gasteiger partial charge in [0.15, 0.2) is 0 Å². The number of carbonyl (C=O) groups is 2. The molecular weight excluding hydrogens is 332 g/mol. The van der Waals surface area contributed by atoms with Crippen molar-refractivity contribution in [3.05, 3.63) is 30.6 Å². The number of ether oxygens (including phenoxy) is 1. The van der Waals surface area contributed by atoms with Crippen LogP contribution in [-0.2, 0) is 9.53 Å². The second kappa shape index (κ2) is 6.97. The molecule has 0 bridgehead atoms. The first-order chi connectivity index (χ1) is 12.3. The average molecular weight is 358 g/mol. The molecule has 7 nitrogen and oxygen atoms in total. The van der Waals surface area contributed by atoms with E-state index in [4.69, 9.17) is 4.74 Å². The van der Waals surface area contributed by atoms with Gasteiger partial charge < -0.3 is 19.1 Å². The highest BCUT2D eigenvalue weighted by Crippen LogP contribution is 2.20. The molecule has 1 unspecified atom stereocenters. The van der Waals surface area contributed by atoms with Gasteiger partial charge in [-0.2, -0.15) is 0 Å². The number of piperazine rings is 1. The third-order valence-electron chi connectivity index (χ3n) is 4.50. The van der Waals surface area contributed by atoms with Crippen LogP contribution in [0.5, 0.6) is 0 Å². The van der Waals surface area contributed by atoms with Crippen LogP contribution in [0.15, 0.2) is 30.6 Å². The molecule has 0 spiro atoms. The van der Waals surface area contributed by atoms with Crippen molar-refractivity contribution in [1.82, 2.24) is 19.4 Å². The van der Waals surface area contributed by atoms with E-state index in [9.17, 15) is 9.59 Å². The second-order valence-corrected chi connectivity index (χ2v) is 7.61. The molecule has 0 saturated carbocycles. The number of hydrogen-bond acceptors (Lipinski definition) is 4. The first-order valence-electron chi connectivity index (χ1n) is 8.94. The largest absolute Gasteiger partial charge is 0.444 e. The highest BCUT2D eigenvalue weighted by molar-refractivity contribution is 5.84. The molecule has 0 N–H and O–H groups in total. The topological polar surface area (TPSA) is 67.7 Å². The predicted octanol–water partition coefficient (Wildman–Crippen LogP) is 2.68. The Balaban J connectivity index is 1.62. The minimum atomic E-state index is -0.513. The van der Waals surface area contributed by atoms with Crippen molar-refractivity contribution >= 4 is 23.0 Å². The summed E-state index contributed by atoms with van der Waals surface area (Å²) in [5, 5.41) is 0. The van der Waals surface area contributed by atoms with Crippen molar-refractivity contribution in [1.29, 1.82) is 0 Å². The smallest absolute Gasteiger partial charge is 0.410 e. The fraction of sp³-hybridized carbons (Fsp3) is 0.526. The Morgan fingerprint density at radius 2 is 1.69 bits per heavy atom. The number of amides is 2. The molecule has 0 aliphatic carbocycles. The lowest BCUT2D eigenvalue weighted by Crippen LogP contribution is -2.52. The summed E-state index contributed by atoms with van der Waals surface area (Å²) >= 11 is 0. The minimum absolute atomic E-state index is 0.0389. The van der Waals surface area contributed by atoms with Crippen molar-refractivity contribution in [3.63, 3.8) is 0 Å². The standard InChI is InChI=1S/C19H26N4O3/c1-14(23-13-20-15-7-5-6-8-16(15)23)17(24)21-9-11-22(12-10-21)18(25)26-19(2,3)4/h5-8,13-14H,9-12H2,1-4H3. The summed E-state index contributed by atoms with van der Waals surface area (Å²) in [5.41, 5.74) is 1.31. The molecule has 3 rings (SSSR count). The Morgan fingerprint density at radius 1 is 1.08 bits per heavy atom. The SMILES string of the molecule is CC(C(=O)N1CCN(C(=O)OC(C)(C)C)CC1)n1cnc2ccccc21. The van der Waals surface area contributed by atoms with Crippen molar-refractivity contribution < 1.29 is 14.3 Å². The number of benzene rings is 1. The fourth-order valence-electron chi connectivity index (χ4n) is 3.11. The summed E-state index contributed by atoms with van der Waals surface area (Å²) in [6.45, 7) is 9.42. The minimum Gasteiger partial charge on any atom is -0.444 e. The fourth-order valence-corrected chi connectivity index (χ4v) is 3.11. The Kier molecular flexibility index (Phi) is 4.89. The summed E-state index contributed by atoms with van der Waals surface area (Å²) in [5.74, 6) is 0.0389. The first kappa shape index (κ1) is 18.2. The second-order valence-electron chi connectivity index (χ2n) is 7.61. The Labute approximate surface area is 153 Å². The lowest BCUT2D eigenvalue weighted by Gasteiger charge is -2.36. The van der Waals surface area contributed by atoms with E-state index in [1.54, 1.807) is 16.1 Å². The van der Waals surface area contributed by atoms with Crippen molar-refractivity contribution in [3.8, 4) is 0 Å². The maximum absolute atomic E-state index is 12.9. The molecule has 0 radical (unpaired) electrons. The third kappa shape index (κ3) is 3.81. The number of aromatic nitrogens is 2.